The Bertz CT molecular complexity index is 333. The zero-order chi connectivity index (χ0) is 8.55. The van der Waals surface area contributed by atoms with E-state index in [0.717, 1.165) is 11.3 Å². The van der Waals surface area contributed by atoms with E-state index in [0.29, 0.717) is 5.71 Å². The maximum Gasteiger partial charge on any atom is 0.111 e. The molecule has 1 aliphatic heterocycles. The van der Waals surface area contributed by atoms with Gasteiger partial charge in [-0.2, -0.15) is 0 Å². The molecule has 1 heterocycles. The fourth-order valence-corrected chi connectivity index (χ4v) is 1.51. The van der Waals surface area contributed by atoms with Crippen molar-refractivity contribution in [2.75, 3.05) is 5.32 Å². The van der Waals surface area contributed by atoms with Crippen molar-refractivity contribution in [3.8, 4) is 0 Å². The third kappa shape index (κ3) is 0.863. The van der Waals surface area contributed by atoms with Gasteiger partial charge in [-0.1, -0.05) is 23.4 Å². The Morgan fingerprint density at radius 3 is 2.92 bits per heavy atom. The number of rotatable bonds is 0. The molecular weight excluding hydrogens is 152 g/mol. The van der Waals surface area contributed by atoms with Gasteiger partial charge in [0, 0.05) is 11.3 Å². The number of nitrogens with zero attached hydrogens (tertiary/aromatic N) is 1. The first-order valence-corrected chi connectivity index (χ1v) is 3.91. The van der Waals surface area contributed by atoms with Crippen LogP contribution in [0.4, 0.5) is 5.69 Å². The molecule has 0 saturated heterocycles. The highest BCUT2D eigenvalue weighted by Crippen LogP contribution is 2.25. The standard InChI is InChI=1S/C9H10N2O/c1-6-9(11-12)7-4-2-3-5-8(7)10-6/h2-6,10,12H,1H3. The number of para-hydroxylation sites is 1. The molecule has 2 N–H and O–H groups in total. The van der Waals surface area contributed by atoms with E-state index in [1.165, 1.54) is 0 Å². The van der Waals surface area contributed by atoms with Crippen LogP contribution in [-0.2, 0) is 0 Å². The number of hydrogen-bond acceptors (Lipinski definition) is 3. The molecule has 3 heteroatoms. The summed E-state index contributed by atoms with van der Waals surface area (Å²) in [6, 6.07) is 7.92. The van der Waals surface area contributed by atoms with Crippen molar-refractivity contribution in [1.29, 1.82) is 0 Å². The van der Waals surface area contributed by atoms with E-state index in [9.17, 15) is 0 Å². The Morgan fingerprint density at radius 2 is 2.17 bits per heavy atom. The lowest BCUT2D eigenvalue weighted by molar-refractivity contribution is 0.318. The Labute approximate surface area is 70.7 Å². The highest BCUT2D eigenvalue weighted by molar-refractivity contribution is 6.13. The van der Waals surface area contributed by atoms with Crippen molar-refractivity contribution in [3.05, 3.63) is 29.8 Å². The monoisotopic (exact) mass is 162 g/mol. The highest BCUT2D eigenvalue weighted by Gasteiger charge is 2.23. The fourth-order valence-electron chi connectivity index (χ4n) is 1.51. The van der Waals surface area contributed by atoms with Gasteiger partial charge in [-0.15, -0.1) is 0 Å². The molecule has 1 aromatic carbocycles. The van der Waals surface area contributed by atoms with Crippen LogP contribution in [0.5, 0.6) is 0 Å². The number of hydrogen-bond donors (Lipinski definition) is 2. The lowest BCUT2D eigenvalue weighted by atomic mass is 10.1. The largest absolute Gasteiger partial charge is 0.411 e. The summed E-state index contributed by atoms with van der Waals surface area (Å²) in [6.45, 7) is 1.97. The second-order valence-electron chi connectivity index (χ2n) is 2.90. The maximum absolute atomic E-state index is 8.73. The summed E-state index contributed by atoms with van der Waals surface area (Å²) < 4.78 is 0. The Hall–Kier alpha value is -1.51. The molecule has 2 rings (SSSR count). The molecular formula is C9H10N2O. The first kappa shape index (κ1) is 7.16. The molecule has 0 saturated carbocycles. The predicted molar refractivity (Wildman–Crippen MR) is 47.9 cm³/mol. The minimum absolute atomic E-state index is 0.104. The SMILES string of the molecule is CC1Nc2ccccc2C1=NO. The molecule has 0 amide bonds. The average Bonchev–Trinajstić information content (AvgIpc) is 2.40. The second kappa shape index (κ2) is 2.52. The minimum atomic E-state index is 0.104. The first-order valence-electron chi connectivity index (χ1n) is 3.91. The highest BCUT2D eigenvalue weighted by atomic mass is 16.4. The smallest absolute Gasteiger partial charge is 0.111 e. The van der Waals surface area contributed by atoms with E-state index in [-0.39, 0.29) is 6.04 Å². The molecule has 0 radical (unpaired) electrons. The van der Waals surface area contributed by atoms with Gasteiger partial charge in [0.15, 0.2) is 0 Å². The molecule has 1 unspecified atom stereocenters. The second-order valence-corrected chi connectivity index (χ2v) is 2.90. The molecule has 12 heavy (non-hydrogen) atoms. The summed E-state index contributed by atoms with van der Waals surface area (Å²) in [5.41, 5.74) is 2.75. The number of nitrogens with one attached hydrogen (secondary N) is 1. The van der Waals surface area contributed by atoms with Crippen molar-refractivity contribution >= 4 is 11.4 Å². The summed E-state index contributed by atoms with van der Waals surface area (Å²) in [5, 5.41) is 15.2. The molecule has 0 bridgehead atoms. The summed E-state index contributed by atoms with van der Waals surface area (Å²) in [4.78, 5) is 0. The van der Waals surface area contributed by atoms with E-state index < -0.39 is 0 Å². The van der Waals surface area contributed by atoms with Crippen LogP contribution >= 0.6 is 0 Å². The average molecular weight is 162 g/mol. The van der Waals surface area contributed by atoms with E-state index in [1.807, 2.05) is 31.2 Å². The van der Waals surface area contributed by atoms with Gasteiger partial charge in [-0.25, -0.2) is 0 Å². The Balaban J connectivity index is 2.55. The summed E-state index contributed by atoms with van der Waals surface area (Å²) in [5.74, 6) is 0. The van der Waals surface area contributed by atoms with Gasteiger partial charge in [-0.3, -0.25) is 0 Å². The van der Waals surface area contributed by atoms with E-state index in [4.69, 9.17) is 5.21 Å². The van der Waals surface area contributed by atoms with Gasteiger partial charge in [0.05, 0.1) is 6.04 Å². The van der Waals surface area contributed by atoms with Crippen LogP contribution in [0, 0.1) is 0 Å². The fraction of sp³-hybridized carbons (Fsp3) is 0.222. The van der Waals surface area contributed by atoms with Gasteiger partial charge in [0.1, 0.15) is 5.71 Å². The molecule has 1 aromatic rings. The third-order valence-electron chi connectivity index (χ3n) is 2.09. The molecule has 1 aliphatic rings. The lowest BCUT2D eigenvalue weighted by Crippen LogP contribution is -2.17. The summed E-state index contributed by atoms with van der Waals surface area (Å²) in [6.07, 6.45) is 0. The van der Waals surface area contributed by atoms with Crippen LogP contribution in [-0.4, -0.2) is 17.0 Å². The summed E-state index contributed by atoms with van der Waals surface area (Å²) in [7, 11) is 0. The van der Waals surface area contributed by atoms with Crippen LogP contribution < -0.4 is 5.32 Å². The van der Waals surface area contributed by atoms with Crippen molar-refractivity contribution in [2.45, 2.75) is 13.0 Å². The molecule has 0 fully saturated rings. The number of oxime groups is 1. The van der Waals surface area contributed by atoms with Crippen LogP contribution in [0.2, 0.25) is 0 Å². The van der Waals surface area contributed by atoms with E-state index in [2.05, 4.69) is 10.5 Å². The zero-order valence-corrected chi connectivity index (χ0v) is 6.78. The topological polar surface area (TPSA) is 44.6 Å². The van der Waals surface area contributed by atoms with Crippen LogP contribution in [0.25, 0.3) is 0 Å². The van der Waals surface area contributed by atoms with E-state index in [1.54, 1.807) is 0 Å². The van der Waals surface area contributed by atoms with Crippen molar-refractivity contribution in [1.82, 2.24) is 0 Å². The quantitative estimate of drug-likeness (QED) is 0.450. The minimum Gasteiger partial charge on any atom is -0.411 e. The van der Waals surface area contributed by atoms with Crippen molar-refractivity contribution in [2.24, 2.45) is 5.16 Å². The molecule has 1 atom stereocenters. The number of anilines is 1. The zero-order valence-electron chi connectivity index (χ0n) is 6.78. The third-order valence-corrected chi connectivity index (χ3v) is 2.09. The number of benzene rings is 1. The Morgan fingerprint density at radius 1 is 1.42 bits per heavy atom. The molecule has 62 valence electrons. The van der Waals surface area contributed by atoms with Crippen molar-refractivity contribution in [3.63, 3.8) is 0 Å². The van der Waals surface area contributed by atoms with Gasteiger partial charge in [0.2, 0.25) is 0 Å². The molecule has 0 aliphatic carbocycles. The van der Waals surface area contributed by atoms with Gasteiger partial charge < -0.3 is 10.5 Å². The van der Waals surface area contributed by atoms with E-state index >= 15 is 0 Å². The predicted octanol–water partition coefficient (Wildman–Crippen LogP) is 1.68. The van der Waals surface area contributed by atoms with Crippen LogP contribution in [0.15, 0.2) is 29.4 Å². The maximum atomic E-state index is 8.73. The lowest BCUT2D eigenvalue weighted by Gasteiger charge is -2.01. The first-order chi connectivity index (χ1) is 5.83. The van der Waals surface area contributed by atoms with Crippen molar-refractivity contribution < 1.29 is 5.21 Å². The summed E-state index contributed by atoms with van der Waals surface area (Å²) >= 11 is 0. The van der Waals surface area contributed by atoms with Crippen LogP contribution in [0.1, 0.15) is 12.5 Å². The normalized spacial score (nSPS) is 23.8. The molecule has 0 aromatic heterocycles. The Kier molecular flexibility index (Phi) is 1.50. The van der Waals surface area contributed by atoms with Gasteiger partial charge >= 0.3 is 0 Å². The van der Waals surface area contributed by atoms with Crippen LogP contribution in [0.3, 0.4) is 0 Å². The number of fused-ring (bicyclic) bond motifs is 1. The molecule has 3 nitrogen and oxygen atoms in total. The van der Waals surface area contributed by atoms with Gasteiger partial charge in [0.25, 0.3) is 0 Å². The molecule has 0 spiro atoms. The van der Waals surface area contributed by atoms with Gasteiger partial charge in [-0.05, 0) is 13.0 Å².